The second kappa shape index (κ2) is 9.42. The SMILES string of the molecule is Cc1cn([C@H]2C[C@@H](O)[C@@H](COP(=O)([O-])[O-])O2)c(=O)[nH]c1=O.[Na+].[Na+]. The van der Waals surface area contributed by atoms with E-state index in [4.69, 9.17) is 4.74 Å². The molecule has 0 unspecified atom stereocenters. The Balaban J connectivity index is 0.00000242. The van der Waals surface area contributed by atoms with Crippen LogP contribution in [0, 0.1) is 6.92 Å². The Labute approximate surface area is 175 Å². The second-order valence-corrected chi connectivity index (χ2v) is 5.81. The zero-order valence-corrected chi connectivity index (χ0v) is 17.8. The Hall–Kier alpha value is 0.710. The molecule has 0 aromatic carbocycles. The summed E-state index contributed by atoms with van der Waals surface area (Å²) < 4.78 is 20.8. The standard InChI is InChI=1S/C10H15N2O8P.2Na/c1-5-3-12(10(15)11-9(5)14)8-2-6(13)7(20-8)4-19-21(16,17)18;;/h3,6-8,13H,2,4H2,1H3,(H,11,14,15)(H2,16,17,18);;/q;2*+1/p-2/t6-,7-,8-;;/m1../s1. The fourth-order valence-electron chi connectivity index (χ4n) is 2.00. The van der Waals surface area contributed by atoms with E-state index >= 15 is 0 Å². The summed E-state index contributed by atoms with van der Waals surface area (Å²) in [6.45, 7) is 0.852. The smallest absolute Gasteiger partial charge is 0.790 e. The van der Waals surface area contributed by atoms with Crippen LogP contribution in [0.25, 0.3) is 0 Å². The first-order valence-corrected chi connectivity index (χ1v) is 7.45. The topological polar surface area (TPSA) is 157 Å². The molecule has 2 N–H and O–H groups in total. The molecule has 1 aliphatic rings. The number of nitrogens with zero attached hydrogens (tertiary/aromatic N) is 1. The molecule has 0 radical (unpaired) electrons. The predicted molar refractivity (Wildman–Crippen MR) is 64.2 cm³/mol. The van der Waals surface area contributed by atoms with E-state index in [-0.39, 0.29) is 71.1 Å². The summed E-state index contributed by atoms with van der Waals surface area (Å²) in [6.07, 6.45) is -1.81. The van der Waals surface area contributed by atoms with Crippen LogP contribution in [0.3, 0.4) is 0 Å². The van der Waals surface area contributed by atoms with Gasteiger partial charge in [0.2, 0.25) is 0 Å². The first kappa shape index (κ1) is 23.7. The molecule has 2 heterocycles. The van der Waals surface area contributed by atoms with E-state index in [0.29, 0.717) is 0 Å². The zero-order chi connectivity index (χ0) is 15.8. The van der Waals surface area contributed by atoms with E-state index in [1.165, 1.54) is 13.1 Å². The molecular weight excluding hydrogens is 353 g/mol. The van der Waals surface area contributed by atoms with Crippen molar-refractivity contribution in [2.45, 2.75) is 31.8 Å². The summed E-state index contributed by atoms with van der Waals surface area (Å²) in [5.41, 5.74) is -0.980. The van der Waals surface area contributed by atoms with Crippen molar-refractivity contribution in [1.82, 2.24) is 9.55 Å². The molecule has 10 nitrogen and oxygen atoms in total. The molecule has 23 heavy (non-hydrogen) atoms. The molecule has 118 valence electrons. The largest absolute Gasteiger partial charge is 1.00 e. The van der Waals surface area contributed by atoms with Crippen molar-refractivity contribution < 1.29 is 87.8 Å². The molecule has 1 aliphatic heterocycles. The number of aliphatic hydroxyl groups excluding tert-OH is 1. The van der Waals surface area contributed by atoms with Gasteiger partial charge in [-0.15, -0.1) is 0 Å². The maximum absolute atomic E-state index is 11.7. The summed E-state index contributed by atoms with van der Waals surface area (Å²) in [5, 5.41) is 9.75. The molecule has 13 heteroatoms. The number of H-pyrrole nitrogens is 1. The molecule has 0 saturated carbocycles. The summed E-state index contributed by atoms with van der Waals surface area (Å²) >= 11 is 0. The quantitative estimate of drug-likeness (QED) is 0.393. The van der Waals surface area contributed by atoms with Crippen LogP contribution in [-0.4, -0.2) is 33.5 Å². The molecule has 1 fully saturated rings. The van der Waals surface area contributed by atoms with Gasteiger partial charge in [-0.05, 0) is 6.92 Å². The van der Waals surface area contributed by atoms with Gasteiger partial charge >= 0.3 is 64.8 Å². The Morgan fingerprint density at radius 1 is 1.48 bits per heavy atom. The molecule has 0 spiro atoms. The van der Waals surface area contributed by atoms with Crippen LogP contribution in [-0.2, 0) is 13.8 Å². The number of phosphoric ester groups is 1. The number of aromatic amines is 1. The Morgan fingerprint density at radius 2 is 2.09 bits per heavy atom. The number of rotatable bonds is 4. The van der Waals surface area contributed by atoms with Crippen LogP contribution in [0.2, 0.25) is 0 Å². The van der Waals surface area contributed by atoms with Gasteiger partial charge in [-0.3, -0.25) is 14.3 Å². The van der Waals surface area contributed by atoms with Crippen LogP contribution in [0.1, 0.15) is 18.2 Å². The molecule has 1 aromatic rings. The first-order chi connectivity index (χ1) is 9.67. The van der Waals surface area contributed by atoms with E-state index in [1.54, 1.807) is 0 Å². The number of aromatic nitrogens is 2. The van der Waals surface area contributed by atoms with Gasteiger partial charge in [0.1, 0.15) is 12.3 Å². The zero-order valence-electron chi connectivity index (χ0n) is 12.9. The Bertz CT molecular complexity index is 686. The van der Waals surface area contributed by atoms with Crippen molar-refractivity contribution in [2.75, 3.05) is 6.61 Å². The number of phosphoric acid groups is 1. The molecule has 1 saturated heterocycles. The van der Waals surface area contributed by atoms with Gasteiger partial charge in [0.05, 0.1) is 20.5 Å². The summed E-state index contributed by atoms with van der Waals surface area (Å²) in [4.78, 5) is 45.8. The van der Waals surface area contributed by atoms with Crippen LogP contribution in [0.15, 0.2) is 15.8 Å². The van der Waals surface area contributed by atoms with Crippen molar-refractivity contribution in [3.05, 3.63) is 32.6 Å². The fourth-order valence-corrected chi connectivity index (χ4v) is 2.33. The molecule has 1 aromatic heterocycles. The van der Waals surface area contributed by atoms with Crippen LogP contribution < -0.4 is 80.2 Å². The number of hydrogen-bond acceptors (Lipinski definition) is 8. The summed E-state index contributed by atoms with van der Waals surface area (Å²) in [7, 11) is -5.17. The van der Waals surface area contributed by atoms with E-state index < -0.39 is 44.1 Å². The first-order valence-electron chi connectivity index (χ1n) is 5.99. The Kier molecular flexibility index (Phi) is 9.71. The van der Waals surface area contributed by atoms with E-state index in [9.17, 15) is 29.0 Å². The third-order valence-electron chi connectivity index (χ3n) is 3.06. The molecule has 0 bridgehead atoms. The number of hydrogen-bond donors (Lipinski definition) is 2. The summed E-state index contributed by atoms with van der Waals surface area (Å²) in [6, 6.07) is 0. The summed E-state index contributed by atoms with van der Waals surface area (Å²) in [5.74, 6) is 0. The predicted octanol–water partition coefficient (Wildman–Crippen LogP) is -8.65. The van der Waals surface area contributed by atoms with E-state index in [2.05, 4.69) is 9.51 Å². The van der Waals surface area contributed by atoms with Crippen molar-refractivity contribution in [3.63, 3.8) is 0 Å². The van der Waals surface area contributed by atoms with Gasteiger partial charge in [-0.2, -0.15) is 0 Å². The van der Waals surface area contributed by atoms with Gasteiger partial charge in [0.15, 0.2) is 0 Å². The minimum absolute atomic E-state index is 0. The minimum atomic E-state index is -5.17. The molecule has 2 rings (SSSR count). The molecular formula is C10H13N2Na2O8P. The average Bonchev–Trinajstić information content (AvgIpc) is 2.72. The number of aliphatic hydroxyl groups is 1. The third-order valence-corrected chi connectivity index (χ3v) is 3.52. The molecule has 0 aliphatic carbocycles. The Morgan fingerprint density at radius 3 is 2.65 bits per heavy atom. The third kappa shape index (κ3) is 6.50. The van der Waals surface area contributed by atoms with Gasteiger partial charge < -0.3 is 28.7 Å². The monoisotopic (exact) mass is 366 g/mol. The van der Waals surface area contributed by atoms with Crippen LogP contribution in [0.5, 0.6) is 0 Å². The number of aryl methyl sites for hydroxylation is 1. The normalized spacial score (nSPS) is 23.9. The van der Waals surface area contributed by atoms with Gasteiger partial charge in [0, 0.05) is 18.2 Å². The molecule has 3 atom stereocenters. The second-order valence-electron chi connectivity index (χ2n) is 4.65. The van der Waals surface area contributed by atoms with Gasteiger partial charge in [-0.1, -0.05) is 0 Å². The van der Waals surface area contributed by atoms with Gasteiger partial charge in [-0.25, -0.2) is 4.79 Å². The van der Waals surface area contributed by atoms with Crippen LogP contribution >= 0.6 is 7.82 Å². The maximum atomic E-state index is 11.7. The number of ether oxygens (including phenoxy) is 1. The minimum Gasteiger partial charge on any atom is -0.790 e. The van der Waals surface area contributed by atoms with Crippen molar-refractivity contribution in [1.29, 1.82) is 0 Å². The van der Waals surface area contributed by atoms with Crippen molar-refractivity contribution in [2.24, 2.45) is 0 Å². The average molecular weight is 366 g/mol. The van der Waals surface area contributed by atoms with Crippen LogP contribution in [0.4, 0.5) is 0 Å². The van der Waals surface area contributed by atoms with Gasteiger partial charge in [0.25, 0.3) is 5.56 Å². The van der Waals surface area contributed by atoms with E-state index in [0.717, 1.165) is 4.57 Å². The molecule has 0 amide bonds. The maximum Gasteiger partial charge on any atom is 1.00 e. The number of nitrogens with one attached hydrogen (secondary N) is 1. The fraction of sp³-hybridized carbons (Fsp3) is 0.600. The van der Waals surface area contributed by atoms with Crippen molar-refractivity contribution >= 4 is 7.82 Å². The van der Waals surface area contributed by atoms with Crippen molar-refractivity contribution in [3.8, 4) is 0 Å². The van der Waals surface area contributed by atoms with E-state index in [1.807, 2.05) is 0 Å².